The highest BCUT2D eigenvalue weighted by Crippen LogP contribution is 2.57. The van der Waals surface area contributed by atoms with Gasteiger partial charge in [0.1, 0.15) is 5.69 Å². The second kappa shape index (κ2) is 4.04. The summed E-state index contributed by atoms with van der Waals surface area (Å²) in [6.45, 7) is 5.44. The van der Waals surface area contributed by atoms with Gasteiger partial charge in [0.2, 0.25) is 5.91 Å². The zero-order valence-corrected chi connectivity index (χ0v) is 11.0. The number of hydrogen-bond donors (Lipinski definition) is 1. The third-order valence-electron chi connectivity index (χ3n) is 4.15. The van der Waals surface area contributed by atoms with Gasteiger partial charge in [0, 0.05) is 13.1 Å². The van der Waals surface area contributed by atoms with Crippen LogP contribution in [0.2, 0.25) is 0 Å². The van der Waals surface area contributed by atoms with Gasteiger partial charge in [-0.3, -0.25) is 9.59 Å². The second-order valence-corrected chi connectivity index (χ2v) is 5.71. The number of nitrogens with zero attached hydrogens (tertiary/aromatic N) is 3. The summed E-state index contributed by atoms with van der Waals surface area (Å²) in [4.78, 5) is 25.5. The number of carbonyl (C=O) groups excluding carboxylic acids is 2. The van der Waals surface area contributed by atoms with Gasteiger partial charge in [0.15, 0.2) is 5.69 Å². The quantitative estimate of drug-likeness (QED) is 0.828. The number of fused-ring (bicyclic) bond motifs is 1. The highest BCUT2D eigenvalue weighted by Gasteiger charge is 2.57. The number of amides is 2. The Kier molecular flexibility index (Phi) is 2.58. The van der Waals surface area contributed by atoms with Gasteiger partial charge in [-0.2, -0.15) is 0 Å². The van der Waals surface area contributed by atoms with E-state index in [1.54, 1.807) is 6.92 Å². The van der Waals surface area contributed by atoms with Crippen LogP contribution in [-0.4, -0.2) is 46.7 Å². The molecule has 0 spiro atoms. The molecule has 102 valence electrons. The molecule has 3 rings (SSSR count). The van der Waals surface area contributed by atoms with Crippen molar-refractivity contribution in [1.29, 1.82) is 0 Å². The van der Waals surface area contributed by atoms with Crippen LogP contribution in [-0.2, 0) is 4.79 Å². The van der Waals surface area contributed by atoms with E-state index in [0.717, 1.165) is 13.1 Å². The number of nitrogens with one attached hydrogen (secondary N) is 1. The van der Waals surface area contributed by atoms with Crippen LogP contribution < -0.4 is 5.32 Å². The van der Waals surface area contributed by atoms with Gasteiger partial charge in [0.25, 0.3) is 5.91 Å². The Morgan fingerprint density at radius 1 is 1.53 bits per heavy atom. The Labute approximate surface area is 110 Å². The predicted octanol–water partition coefficient (Wildman–Crippen LogP) is -0.0238. The Hall–Kier alpha value is -1.92. The second-order valence-electron chi connectivity index (χ2n) is 5.71. The summed E-state index contributed by atoms with van der Waals surface area (Å²) < 4.78 is 4.45. The number of hydrogen-bond acceptors (Lipinski definition) is 5. The monoisotopic (exact) mass is 264 g/mol. The smallest absolute Gasteiger partial charge is 0.275 e. The fraction of sp³-hybridized carbons (Fsp3) is 0.667. The van der Waals surface area contributed by atoms with Gasteiger partial charge in [-0.05, 0) is 29.8 Å². The number of likely N-dealkylation sites (tertiary alicyclic amines) is 1. The summed E-state index contributed by atoms with van der Waals surface area (Å²) in [5, 5.41) is 9.58. The van der Waals surface area contributed by atoms with Crippen molar-refractivity contribution in [3.05, 3.63) is 11.4 Å². The van der Waals surface area contributed by atoms with Crippen molar-refractivity contribution in [3.8, 4) is 0 Å². The van der Waals surface area contributed by atoms with E-state index < -0.39 is 5.91 Å². The van der Waals surface area contributed by atoms with Crippen LogP contribution >= 0.6 is 0 Å². The van der Waals surface area contributed by atoms with E-state index in [1.807, 2.05) is 4.90 Å². The van der Waals surface area contributed by atoms with Crippen molar-refractivity contribution in [2.45, 2.75) is 20.3 Å². The molecule has 2 fully saturated rings. The SMILES string of the molecule is Cc1nonc1C(=O)NCC(=O)N1CC2CC2(C)C1. The fourth-order valence-corrected chi connectivity index (χ4v) is 2.73. The molecule has 1 aromatic heterocycles. The summed E-state index contributed by atoms with van der Waals surface area (Å²) in [7, 11) is 0. The maximum atomic E-state index is 12.0. The lowest BCUT2D eigenvalue weighted by Crippen LogP contribution is -2.40. The van der Waals surface area contributed by atoms with Gasteiger partial charge in [0.05, 0.1) is 6.54 Å². The summed E-state index contributed by atoms with van der Waals surface area (Å²) in [5.41, 5.74) is 0.871. The molecule has 19 heavy (non-hydrogen) atoms. The van der Waals surface area contributed by atoms with Gasteiger partial charge < -0.3 is 10.2 Å². The first-order chi connectivity index (χ1) is 8.99. The molecule has 2 heterocycles. The Bertz CT molecular complexity index is 541. The first kappa shape index (κ1) is 12.1. The summed E-state index contributed by atoms with van der Waals surface area (Å²) in [5.74, 6) is 0.174. The van der Waals surface area contributed by atoms with Crippen molar-refractivity contribution in [1.82, 2.24) is 20.5 Å². The minimum absolute atomic E-state index is 0.00602. The lowest BCUT2D eigenvalue weighted by atomic mass is 10.1. The number of piperidine rings is 1. The Morgan fingerprint density at radius 2 is 2.32 bits per heavy atom. The first-order valence-corrected chi connectivity index (χ1v) is 6.35. The third-order valence-corrected chi connectivity index (χ3v) is 4.15. The standard InChI is InChI=1S/C12H16N4O3/c1-7-10(15-19-14-7)11(18)13-4-9(17)16-5-8-3-12(8,2)6-16/h8H,3-6H2,1-2H3,(H,13,18). The molecule has 1 aliphatic heterocycles. The molecule has 1 saturated heterocycles. The molecule has 2 aliphatic rings. The van der Waals surface area contributed by atoms with Crippen molar-refractivity contribution in [2.24, 2.45) is 11.3 Å². The highest BCUT2D eigenvalue weighted by molar-refractivity contribution is 5.95. The lowest BCUT2D eigenvalue weighted by molar-refractivity contribution is -0.129. The molecular formula is C12H16N4O3. The number of aryl methyl sites for hydroxylation is 1. The van der Waals surface area contributed by atoms with Crippen molar-refractivity contribution < 1.29 is 14.2 Å². The molecular weight excluding hydrogens is 248 g/mol. The summed E-state index contributed by atoms with van der Waals surface area (Å²) >= 11 is 0. The van der Waals surface area contributed by atoms with Crippen LogP contribution in [0.15, 0.2) is 4.63 Å². The zero-order valence-electron chi connectivity index (χ0n) is 11.0. The van der Waals surface area contributed by atoms with Gasteiger partial charge in [-0.25, -0.2) is 4.63 Å². The van der Waals surface area contributed by atoms with Crippen molar-refractivity contribution in [3.63, 3.8) is 0 Å². The third kappa shape index (κ3) is 2.09. The molecule has 0 radical (unpaired) electrons. The lowest BCUT2D eigenvalue weighted by Gasteiger charge is -2.19. The average molecular weight is 264 g/mol. The molecule has 1 aliphatic carbocycles. The molecule has 0 bridgehead atoms. The first-order valence-electron chi connectivity index (χ1n) is 6.35. The maximum Gasteiger partial charge on any atom is 0.275 e. The van der Waals surface area contributed by atoms with Crippen LogP contribution in [0.1, 0.15) is 29.5 Å². The minimum atomic E-state index is -0.428. The topological polar surface area (TPSA) is 88.3 Å². The molecule has 1 N–H and O–H groups in total. The Morgan fingerprint density at radius 3 is 2.89 bits per heavy atom. The van der Waals surface area contributed by atoms with E-state index in [1.165, 1.54) is 6.42 Å². The van der Waals surface area contributed by atoms with E-state index in [2.05, 4.69) is 27.2 Å². The van der Waals surface area contributed by atoms with Crippen LogP contribution in [0.25, 0.3) is 0 Å². The number of carbonyl (C=O) groups is 2. The highest BCUT2D eigenvalue weighted by atomic mass is 16.6. The molecule has 1 aromatic rings. The van der Waals surface area contributed by atoms with E-state index in [4.69, 9.17) is 0 Å². The summed E-state index contributed by atoms with van der Waals surface area (Å²) in [6.07, 6.45) is 1.22. The van der Waals surface area contributed by atoms with E-state index in [9.17, 15) is 9.59 Å². The molecule has 1 saturated carbocycles. The van der Waals surface area contributed by atoms with Crippen LogP contribution in [0.5, 0.6) is 0 Å². The van der Waals surface area contributed by atoms with Crippen molar-refractivity contribution >= 4 is 11.8 Å². The average Bonchev–Trinajstić information content (AvgIpc) is 2.74. The molecule has 7 nitrogen and oxygen atoms in total. The minimum Gasteiger partial charge on any atom is -0.341 e. The van der Waals surface area contributed by atoms with Crippen LogP contribution in [0.4, 0.5) is 0 Å². The molecule has 2 amide bonds. The maximum absolute atomic E-state index is 12.0. The van der Waals surface area contributed by atoms with Gasteiger partial charge in [-0.15, -0.1) is 0 Å². The molecule has 0 aromatic carbocycles. The number of aromatic nitrogens is 2. The molecule has 7 heteroatoms. The van der Waals surface area contributed by atoms with Crippen LogP contribution in [0, 0.1) is 18.3 Å². The summed E-state index contributed by atoms with van der Waals surface area (Å²) in [6, 6.07) is 0. The number of rotatable bonds is 3. The zero-order chi connectivity index (χ0) is 13.6. The van der Waals surface area contributed by atoms with E-state index >= 15 is 0 Å². The predicted molar refractivity (Wildman–Crippen MR) is 64.2 cm³/mol. The van der Waals surface area contributed by atoms with E-state index in [-0.39, 0.29) is 18.1 Å². The van der Waals surface area contributed by atoms with Crippen LogP contribution in [0.3, 0.4) is 0 Å². The fourth-order valence-electron chi connectivity index (χ4n) is 2.73. The van der Waals surface area contributed by atoms with Gasteiger partial charge in [-0.1, -0.05) is 12.1 Å². The molecule has 2 atom stereocenters. The largest absolute Gasteiger partial charge is 0.341 e. The molecule has 2 unspecified atom stereocenters. The van der Waals surface area contributed by atoms with E-state index in [0.29, 0.717) is 17.0 Å². The van der Waals surface area contributed by atoms with Crippen molar-refractivity contribution in [2.75, 3.05) is 19.6 Å². The normalized spacial score (nSPS) is 28.1. The Balaban J connectivity index is 1.51. The van der Waals surface area contributed by atoms with Gasteiger partial charge >= 0.3 is 0 Å².